The minimum absolute atomic E-state index is 0.192. The van der Waals surface area contributed by atoms with Gasteiger partial charge in [0.05, 0.1) is 19.6 Å². The monoisotopic (exact) mass is 207 g/mol. The molecule has 0 aliphatic carbocycles. The molecule has 0 fully saturated rings. The van der Waals surface area contributed by atoms with E-state index in [9.17, 15) is 13.2 Å². The minimum atomic E-state index is -3.75. The molecule has 0 N–H and O–H groups in total. The van der Waals surface area contributed by atoms with Crippen molar-refractivity contribution in [1.82, 2.24) is 0 Å². The number of nitrogens with zero attached hydrogens (tertiary/aromatic N) is 2. The Labute approximate surface area is 78.9 Å². The summed E-state index contributed by atoms with van der Waals surface area (Å²) in [6, 6.07) is 0. The number of hydrogen-bond acceptors (Lipinski definition) is 3. The molecule has 0 bridgehead atoms. The summed E-state index contributed by atoms with van der Waals surface area (Å²) in [5, 5.41) is 0. The van der Waals surface area contributed by atoms with Crippen LogP contribution in [0.15, 0.2) is 4.40 Å². The van der Waals surface area contributed by atoms with Gasteiger partial charge in [-0.05, 0) is 25.2 Å². The molecule has 5 nitrogen and oxygen atoms in total. The molecule has 0 saturated heterocycles. The van der Waals surface area contributed by atoms with E-state index in [2.05, 4.69) is 4.40 Å². The zero-order valence-corrected chi connectivity index (χ0v) is 8.97. The predicted octanol–water partition coefficient (Wildman–Crippen LogP) is 0.444. The SMILES string of the molecule is CC[N+](CC)(CC)S(=O)(=O)N=C=O. The van der Waals surface area contributed by atoms with Gasteiger partial charge in [0.25, 0.3) is 6.08 Å². The molecule has 0 rings (SSSR count). The molecule has 0 amide bonds. The summed E-state index contributed by atoms with van der Waals surface area (Å²) in [6.07, 6.45) is 1.09. The van der Waals surface area contributed by atoms with Crippen molar-refractivity contribution in [3.8, 4) is 0 Å². The van der Waals surface area contributed by atoms with Crippen LogP contribution in [0.1, 0.15) is 20.8 Å². The Morgan fingerprint density at radius 1 is 1.15 bits per heavy atom. The highest BCUT2D eigenvalue weighted by molar-refractivity contribution is 7.84. The number of isocyanates is 1. The van der Waals surface area contributed by atoms with Crippen LogP contribution in [0, 0.1) is 0 Å². The van der Waals surface area contributed by atoms with Crippen molar-refractivity contribution >= 4 is 16.3 Å². The van der Waals surface area contributed by atoms with E-state index in [1.54, 1.807) is 20.8 Å². The topological polar surface area (TPSA) is 63.6 Å². The van der Waals surface area contributed by atoms with Crippen molar-refractivity contribution in [3.63, 3.8) is 0 Å². The van der Waals surface area contributed by atoms with Gasteiger partial charge in [0.1, 0.15) is 0 Å². The van der Waals surface area contributed by atoms with Crippen LogP contribution in [0.25, 0.3) is 0 Å². The molecule has 76 valence electrons. The summed E-state index contributed by atoms with van der Waals surface area (Å²) in [4.78, 5) is 9.93. The third-order valence-electron chi connectivity index (χ3n) is 2.37. The smallest absolute Gasteiger partial charge is 0.210 e. The van der Waals surface area contributed by atoms with E-state index in [4.69, 9.17) is 0 Å². The van der Waals surface area contributed by atoms with Crippen LogP contribution in [-0.2, 0) is 15.0 Å². The van der Waals surface area contributed by atoms with E-state index in [1.165, 1.54) is 0 Å². The number of hydrogen-bond donors (Lipinski definition) is 0. The zero-order chi connectivity index (χ0) is 10.5. The number of carbonyl (C=O) groups excluding carboxylic acids is 1. The van der Waals surface area contributed by atoms with Crippen LogP contribution < -0.4 is 0 Å². The van der Waals surface area contributed by atoms with E-state index >= 15 is 0 Å². The highest BCUT2D eigenvalue weighted by Gasteiger charge is 2.37. The first kappa shape index (κ1) is 12.3. The van der Waals surface area contributed by atoms with E-state index in [1.807, 2.05) is 0 Å². The van der Waals surface area contributed by atoms with E-state index in [0.717, 1.165) is 6.08 Å². The van der Waals surface area contributed by atoms with Gasteiger partial charge in [-0.15, -0.1) is 8.42 Å². The van der Waals surface area contributed by atoms with Gasteiger partial charge in [0.2, 0.25) is 0 Å². The zero-order valence-electron chi connectivity index (χ0n) is 8.15. The summed E-state index contributed by atoms with van der Waals surface area (Å²) in [6.45, 7) is 6.47. The van der Waals surface area contributed by atoms with Crippen LogP contribution in [0.4, 0.5) is 0 Å². The quantitative estimate of drug-likeness (QED) is 0.373. The molecule has 6 heteroatoms. The lowest BCUT2D eigenvalue weighted by atomic mass is 10.5. The van der Waals surface area contributed by atoms with Crippen molar-refractivity contribution < 1.29 is 17.1 Å². The highest BCUT2D eigenvalue weighted by atomic mass is 32.2. The largest absolute Gasteiger partial charge is 0.425 e. The third-order valence-corrected chi connectivity index (χ3v) is 4.43. The van der Waals surface area contributed by atoms with Crippen LogP contribution in [0.2, 0.25) is 0 Å². The van der Waals surface area contributed by atoms with Gasteiger partial charge in [-0.1, -0.05) is 0 Å². The molecule has 0 heterocycles. The summed E-state index contributed by atoms with van der Waals surface area (Å²) in [5.41, 5.74) is 0. The lowest BCUT2D eigenvalue weighted by Gasteiger charge is -2.30. The van der Waals surface area contributed by atoms with Gasteiger partial charge in [0, 0.05) is 0 Å². The average molecular weight is 207 g/mol. The second-order valence-corrected chi connectivity index (χ2v) is 4.49. The second kappa shape index (κ2) is 4.50. The van der Waals surface area contributed by atoms with Crippen LogP contribution in [0.5, 0.6) is 0 Å². The minimum Gasteiger partial charge on any atom is -0.210 e. The normalized spacial score (nSPS) is 12.2. The van der Waals surface area contributed by atoms with Gasteiger partial charge in [-0.25, -0.2) is 4.79 Å². The molecule has 0 aliphatic heterocycles. The lowest BCUT2D eigenvalue weighted by molar-refractivity contribution is -0.800. The highest BCUT2D eigenvalue weighted by Crippen LogP contribution is 2.15. The Bertz CT molecular complexity index is 291. The summed E-state index contributed by atoms with van der Waals surface area (Å²) >= 11 is 0. The van der Waals surface area contributed by atoms with Crippen molar-refractivity contribution in [2.45, 2.75) is 20.8 Å². The molecule has 0 radical (unpaired) electrons. The van der Waals surface area contributed by atoms with Crippen LogP contribution >= 0.6 is 0 Å². The number of quaternary nitrogens is 1. The lowest BCUT2D eigenvalue weighted by Crippen LogP contribution is -2.51. The van der Waals surface area contributed by atoms with Gasteiger partial charge >= 0.3 is 10.2 Å². The maximum atomic E-state index is 11.5. The fourth-order valence-electron chi connectivity index (χ4n) is 1.29. The van der Waals surface area contributed by atoms with Gasteiger partial charge in [-0.2, -0.15) is 3.89 Å². The Hall–Kier alpha value is -0.710. The van der Waals surface area contributed by atoms with E-state index in [0.29, 0.717) is 19.6 Å². The molecule has 0 unspecified atom stereocenters. The van der Waals surface area contributed by atoms with Crippen molar-refractivity contribution in [3.05, 3.63) is 0 Å². The van der Waals surface area contributed by atoms with Gasteiger partial charge in [-0.3, -0.25) is 0 Å². The fourth-order valence-corrected chi connectivity index (χ4v) is 2.54. The molecule has 0 atom stereocenters. The summed E-state index contributed by atoms with van der Waals surface area (Å²) < 4.78 is 25.7. The van der Waals surface area contributed by atoms with Crippen molar-refractivity contribution in [2.75, 3.05) is 19.6 Å². The molecule has 0 aromatic carbocycles. The van der Waals surface area contributed by atoms with Crippen LogP contribution in [-0.4, -0.2) is 38.0 Å². The fraction of sp³-hybridized carbons (Fsp3) is 0.857. The maximum absolute atomic E-state index is 11.5. The molecule has 0 aromatic heterocycles. The van der Waals surface area contributed by atoms with E-state index in [-0.39, 0.29) is 3.89 Å². The Kier molecular flexibility index (Phi) is 4.26. The first-order chi connectivity index (χ1) is 5.99. The predicted molar refractivity (Wildman–Crippen MR) is 48.9 cm³/mol. The first-order valence-electron chi connectivity index (χ1n) is 4.20. The molecular weight excluding hydrogens is 192 g/mol. The molecule has 13 heavy (non-hydrogen) atoms. The molecule has 0 aromatic rings. The first-order valence-corrected chi connectivity index (χ1v) is 5.59. The summed E-state index contributed by atoms with van der Waals surface area (Å²) in [5.74, 6) is 0. The summed E-state index contributed by atoms with van der Waals surface area (Å²) in [7, 11) is -3.75. The number of rotatable bonds is 5. The maximum Gasteiger partial charge on any atom is 0.425 e. The van der Waals surface area contributed by atoms with Crippen LogP contribution in [0.3, 0.4) is 0 Å². The van der Waals surface area contributed by atoms with Crippen molar-refractivity contribution in [1.29, 1.82) is 0 Å². The molecular formula is C7H15N2O3S+. The Morgan fingerprint density at radius 3 is 1.77 bits per heavy atom. The average Bonchev–Trinajstić information content (AvgIpc) is 2.07. The second-order valence-electron chi connectivity index (χ2n) is 2.64. The van der Waals surface area contributed by atoms with Gasteiger partial charge < -0.3 is 0 Å². The molecule has 0 aliphatic rings. The van der Waals surface area contributed by atoms with E-state index < -0.39 is 10.2 Å². The van der Waals surface area contributed by atoms with Gasteiger partial charge in [0.15, 0.2) is 0 Å². The Morgan fingerprint density at radius 2 is 1.54 bits per heavy atom. The molecule has 0 spiro atoms. The van der Waals surface area contributed by atoms with Crippen molar-refractivity contribution in [2.24, 2.45) is 4.40 Å². The molecule has 0 saturated carbocycles. The third kappa shape index (κ3) is 2.15. The Balaban J connectivity index is 5.29. The standard InChI is InChI=1S/C7H15N2O3S/c1-4-9(5-2,6-3)13(11,12)8-7-10/h4-6H2,1-3H3/q+1.